The summed E-state index contributed by atoms with van der Waals surface area (Å²) in [5.41, 5.74) is 0. The molecule has 0 radical (unpaired) electrons. The van der Waals surface area contributed by atoms with Crippen molar-refractivity contribution in [1.29, 1.82) is 0 Å². The van der Waals surface area contributed by atoms with Crippen LogP contribution in [-0.4, -0.2) is 48.1 Å². The Hall–Kier alpha value is 0.270. The van der Waals surface area contributed by atoms with Crippen molar-refractivity contribution in [2.45, 2.75) is 62.8 Å². The number of rotatable bonds is 4. The number of hydrogen-bond acceptors (Lipinski definition) is 3. The fraction of sp³-hybridized carbons (Fsp3) is 1.00. The van der Waals surface area contributed by atoms with Crippen molar-refractivity contribution >= 4 is 11.8 Å². The standard InChI is InChI=1S/C14H28N2S/c1-3-15-12-7-9-16(10-8-12)13-5-4-6-14(11-13)17-2/h12-15H,3-11H2,1-2H3. The first-order valence-corrected chi connectivity index (χ1v) is 8.62. The van der Waals surface area contributed by atoms with Gasteiger partial charge < -0.3 is 10.2 Å². The van der Waals surface area contributed by atoms with Crippen LogP contribution >= 0.6 is 11.8 Å². The van der Waals surface area contributed by atoms with Crippen molar-refractivity contribution in [3.05, 3.63) is 0 Å². The van der Waals surface area contributed by atoms with Crippen LogP contribution in [0.25, 0.3) is 0 Å². The molecule has 1 N–H and O–H groups in total. The maximum atomic E-state index is 3.60. The van der Waals surface area contributed by atoms with Gasteiger partial charge in [-0.05, 0) is 58.0 Å². The summed E-state index contributed by atoms with van der Waals surface area (Å²) in [4.78, 5) is 2.77. The van der Waals surface area contributed by atoms with Gasteiger partial charge in [0.25, 0.3) is 0 Å². The van der Waals surface area contributed by atoms with E-state index in [0.717, 1.165) is 23.9 Å². The Morgan fingerprint density at radius 1 is 1.18 bits per heavy atom. The van der Waals surface area contributed by atoms with Gasteiger partial charge in [-0.1, -0.05) is 13.3 Å². The summed E-state index contributed by atoms with van der Waals surface area (Å²) in [5, 5.41) is 4.53. The topological polar surface area (TPSA) is 15.3 Å². The molecule has 2 unspecified atom stereocenters. The summed E-state index contributed by atoms with van der Waals surface area (Å²) >= 11 is 2.08. The van der Waals surface area contributed by atoms with E-state index in [1.54, 1.807) is 0 Å². The molecule has 100 valence electrons. The zero-order valence-electron chi connectivity index (χ0n) is 11.5. The second-order valence-corrected chi connectivity index (χ2v) is 6.68. The Bertz CT molecular complexity index is 214. The molecule has 1 saturated carbocycles. The SMILES string of the molecule is CCNC1CCN(C2CCCC(SC)C2)CC1. The summed E-state index contributed by atoms with van der Waals surface area (Å²) in [6, 6.07) is 1.68. The molecule has 0 aromatic carbocycles. The fourth-order valence-corrected chi connectivity index (χ4v) is 4.24. The maximum Gasteiger partial charge on any atom is 0.0106 e. The molecule has 0 amide bonds. The predicted octanol–water partition coefficient (Wildman–Crippen LogP) is 2.73. The number of nitrogens with one attached hydrogen (secondary N) is 1. The van der Waals surface area contributed by atoms with Gasteiger partial charge in [0.1, 0.15) is 0 Å². The first-order valence-electron chi connectivity index (χ1n) is 7.33. The van der Waals surface area contributed by atoms with E-state index in [0.29, 0.717) is 0 Å². The molecule has 0 aromatic rings. The summed E-state index contributed by atoms with van der Waals surface area (Å²) in [5.74, 6) is 0. The summed E-state index contributed by atoms with van der Waals surface area (Å²) in [6.07, 6.45) is 10.8. The largest absolute Gasteiger partial charge is 0.314 e. The van der Waals surface area contributed by atoms with E-state index in [2.05, 4.69) is 35.2 Å². The lowest BCUT2D eigenvalue weighted by molar-refractivity contribution is 0.118. The fourth-order valence-electron chi connectivity index (χ4n) is 3.42. The first kappa shape index (κ1) is 13.7. The molecule has 2 aliphatic rings. The zero-order valence-corrected chi connectivity index (χ0v) is 12.3. The molecule has 1 aliphatic carbocycles. The van der Waals surface area contributed by atoms with E-state index in [1.165, 1.54) is 51.6 Å². The van der Waals surface area contributed by atoms with E-state index in [-0.39, 0.29) is 0 Å². The normalized spacial score (nSPS) is 32.8. The van der Waals surface area contributed by atoms with Gasteiger partial charge >= 0.3 is 0 Å². The smallest absolute Gasteiger partial charge is 0.0106 e. The lowest BCUT2D eigenvalue weighted by atomic mass is 9.91. The van der Waals surface area contributed by atoms with Crippen LogP contribution in [0, 0.1) is 0 Å². The summed E-state index contributed by atoms with van der Waals surface area (Å²) < 4.78 is 0. The van der Waals surface area contributed by atoms with Crippen molar-refractivity contribution in [3.8, 4) is 0 Å². The third kappa shape index (κ3) is 3.87. The Balaban J connectivity index is 1.76. The molecule has 2 fully saturated rings. The van der Waals surface area contributed by atoms with Crippen LogP contribution in [0.1, 0.15) is 45.4 Å². The molecule has 2 atom stereocenters. The Morgan fingerprint density at radius 2 is 1.94 bits per heavy atom. The first-order chi connectivity index (χ1) is 8.33. The highest BCUT2D eigenvalue weighted by molar-refractivity contribution is 7.99. The molecule has 2 nitrogen and oxygen atoms in total. The second-order valence-electron chi connectivity index (χ2n) is 5.55. The van der Waals surface area contributed by atoms with Gasteiger partial charge in [-0.25, -0.2) is 0 Å². The molecule has 0 spiro atoms. The van der Waals surface area contributed by atoms with Gasteiger partial charge in [-0.2, -0.15) is 11.8 Å². The molecule has 2 rings (SSSR count). The second kappa shape index (κ2) is 7.01. The lowest BCUT2D eigenvalue weighted by Gasteiger charge is -2.41. The van der Waals surface area contributed by atoms with E-state index < -0.39 is 0 Å². The van der Waals surface area contributed by atoms with E-state index in [4.69, 9.17) is 0 Å². The highest BCUT2D eigenvalue weighted by Gasteiger charge is 2.28. The number of likely N-dealkylation sites (tertiary alicyclic amines) is 1. The van der Waals surface area contributed by atoms with Crippen LogP contribution in [-0.2, 0) is 0 Å². The Morgan fingerprint density at radius 3 is 2.59 bits per heavy atom. The molecule has 1 saturated heterocycles. The average Bonchev–Trinajstić information content (AvgIpc) is 2.40. The third-order valence-corrected chi connectivity index (χ3v) is 5.57. The minimum absolute atomic E-state index is 0.788. The van der Waals surface area contributed by atoms with Crippen molar-refractivity contribution in [3.63, 3.8) is 0 Å². The highest BCUT2D eigenvalue weighted by Crippen LogP contribution is 2.31. The molecular weight excluding hydrogens is 228 g/mol. The highest BCUT2D eigenvalue weighted by atomic mass is 32.2. The van der Waals surface area contributed by atoms with Gasteiger partial charge in [0.2, 0.25) is 0 Å². The van der Waals surface area contributed by atoms with E-state index in [1.807, 2.05) is 0 Å². The lowest BCUT2D eigenvalue weighted by Crippen LogP contribution is -2.48. The van der Waals surface area contributed by atoms with Crippen LogP contribution in [0.5, 0.6) is 0 Å². The monoisotopic (exact) mass is 256 g/mol. The predicted molar refractivity (Wildman–Crippen MR) is 77.8 cm³/mol. The van der Waals surface area contributed by atoms with Crippen molar-refractivity contribution in [2.75, 3.05) is 25.9 Å². The van der Waals surface area contributed by atoms with E-state index in [9.17, 15) is 0 Å². The quantitative estimate of drug-likeness (QED) is 0.832. The number of nitrogens with zero attached hydrogens (tertiary/aromatic N) is 1. The summed E-state index contributed by atoms with van der Waals surface area (Å²) in [7, 11) is 0. The van der Waals surface area contributed by atoms with Crippen LogP contribution in [0.2, 0.25) is 0 Å². The van der Waals surface area contributed by atoms with E-state index >= 15 is 0 Å². The van der Waals surface area contributed by atoms with Gasteiger partial charge in [-0.3, -0.25) is 0 Å². The number of piperidine rings is 1. The van der Waals surface area contributed by atoms with Crippen molar-refractivity contribution in [1.82, 2.24) is 10.2 Å². The van der Waals surface area contributed by atoms with Crippen LogP contribution < -0.4 is 5.32 Å². The average molecular weight is 256 g/mol. The molecule has 3 heteroatoms. The summed E-state index contributed by atoms with van der Waals surface area (Å²) in [6.45, 7) is 5.99. The van der Waals surface area contributed by atoms with Crippen LogP contribution in [0.15, 0.2) is 0 Å². The van der Waals surface area contributed by atoms with Gasteiger partial charge in [-0.15, -0.1) is 0 Å². The number of hydrogen-bond donors (Lipinski definition) is 1. The molecule has 0 bridgehead atoms. The molecule has 0 aromatic heterocycles. The Kier molecular flexibility index (Phi) is 5.64. The van der Waals surface area contributed by atoms with Gasteiger partial charge in [0, 0.05) is 17.3 Å². The minimum Gasteiger partial charge on any atom is -0.314 e. The molecule has 1 aliphatic heterocycles. The van der Waals surface area contributed by atoms with Crippen LogP contribution in [0.3, 0.4) is 0 Å². The molecular formula is C14H28N2S. The van der Waals surface area contributed by atoms with Crippen molar-refractivity contribution < 1.29 is 0 Å². The zero-order chi connectivity index (χ0) is 12.1. The minimum atomic E-state index is 0.788. The van der Waals surface area contributed by atoms with Gasteiger partial charge in [0.05, 0.1) is 0 Å². The van der Waals surface area contributed by atoms with Crippen molar-refractivity contribution in [2.24, 2.45) is 0 Å². The Labute approximate surface area is 111 Å². The van der Waals surface area contributed by atoms with Crippen LogP contribution in [0.4, 0.5) is 0 Å². The number of thioether (sulfide) groups is 1. The van der Waals surface area contributed by atoms with Gasteiger partial charge in [0.15, 0.2) is 0 Å². The molecule has 17 heavy (non-hydrogen) atoms. The maximum absolute atomic E-state index is 3.60. The molecule has 1 heterocycles. The third-order valence-electron chi connectivity index (χ3n) is 4.47.